The van der Waals surface area contributed by atoms with Crippen LogP contribution in [0.2, 0.25) is 0 Å². The number of carbonyl (C=O) groups excluding carboxylic acids is 1. The summed E-state index contributed by atoms with van der Waals surface area (Å²) >= 11 is 0.960. The van der Waals surface area contributed by atoms with Crippen LogP contribution in [-0.2, 0) is 15.8 Å². The van der Waals surface area contributed by atoms with Crippen molar-refractivity contribution in [3.05, 3.63) is 53.6 Å². The Hall–Kier alpha value is -3.14. The summed E-state index contributed by atoms with van der Waals surface area (Å²) in [5, 5.41) is 9.04. The Morgan fingerprint density at radius 2 is 1.85 bits per heavy atom. The van der Waals surface area contributed by atoms with Crippen LogP contribution in [0.1, 0.15) is 17.5 Å². The number of halogens is 3. The topological polar surface area (TPSA) is 76.1 Å². The molecule has 4 rings (SSSR count). The quantitative estimate of drug-likeness (QED) is 0.633. The van der Waals surface area contributed by atoms with E-state index in [1.807, 2.05) is 0 Å². The third-order valence-corrected chi connectivity index (χ3v) is 6.38. The van der Waals surface area contributed by atoms with Crippen molar-refractivity contribution in [1.82, 2.24) is 4.90 Å². The first-order valence-electron chi connectivity index (χ1n) is 10.2. The number of aliphatic carboxylic acids is 1. The summed E-state index contributed by atoms with van der Waals surface area (Å²) in [4.78, 5) is 25.3. The van der Waals surface area contributed by atoms with Crippen molar-refractivity contribution in [2.75, 3.05) is 26.3 Å². The first kappa shape index (κ1) is 23.0. The van der Waals surface area contributed by atoms with Gasteiger partial charge in [0.2, 0.25) is 5.91 Å². The molecule has 2 aliphatic rings. The fourth-order valence-corrected chi connectivity index (χ4v) is 4.59. The van der Waals surface area contributed by atoms with E-state index < -0.39 is 29.5 Å². The molecule has 2 aromatic carbocycles. The second-order valence-corrected chi connectivity index (χ2v) is 8.72. The van der Waals surface area contributed by atoms with Gasteiger partial charge in [-0.2, -0.15) is 13.2 Å². The monoisotopic (exact) mass is 479 g/mol. The van der Waals surface area contributed by atoms with E-state index in [0.717, 1.165) is 17.8 Å². The van der Waals surface area contributed by atoms with E-state index in [9.17, 15) is 22.8 Å². The summed E-state index contributed by atoms with van der Waals surface area (Å²) in [5.41, 5.74) is -0.597. The number of hydrogen-bond acceptors (Lipinski definition) is 5. The van der Waals surface area contributed by atoms with Crippen LogP contribution >= 0.6 is 11.8 Å². The maximum Gasteiger partial charge on any atom is 0.417 e. The van der Waals surface area contributed by atoms with Gasteiger partial charge in [-0.3, -0.25) is 9.59 Å². The fourth-order valence-electron chi connectivity index (χ4n) is 3.61. The lowest BCUT2D eigenvalue weighted by Crippen LogP contribution is -2.28. The van der Waals surface area contributed by atoms with Gasteiger partial charge in [-0.15, -0.1) is 0 Å². The van der Waals surface area contributed by atoms with E-state index in [-0.39, 0.29) is 17.0 Å². The molecule has 0 saturated carbocycles. The molecule has 1 saturated heterocycles. The Kier molecular flexibility index (Phi) is 6.55. The van der Waals surface area contributed by atoms with Gasteiger partial charge >= 0.3 is 12.1 Å². The Morgan fingerprint density at radius 1 is 1.09 bits per heavy atom. The van der Waals surface area contributed by atoms with Crippen molar-refractivity contribution in [2.24, 2.45) is 5.92 Å². The van der Waals surface area contributed by atoms with Crippen molar-refractivity contribution >= 4 is 29.7 Å². The number of alkyl halides is 3. The highest BCUT2D eigenvalue weighted by Crippen LogP contribution is 2.42. The first-order chi connectivity index (χ1) is 15.7. The normalized spacial score (nSPS) is 18.0. The Balaban J connectivity index is 1.52. The van der Waals surface area contributed by atoms with Crippen molar-refractivity contribution in [1.29, 1.82) is 0 Å². The maximum absolute atomic E-state index is 13.8. The molecule has 0 aromatic heterocycles. The van der Waals surface area contributed by atoms with Crippen LogP contribution in [0, 0.1) is 5.92 Å². The lowest BCUT2D eigenvalue weighted by Gasteiger charge is -2.19. The highest BCUT2D eigenvalue weighted by atomic mass is 32.2. The molecule has 10 heteroatoms. The summed E-state index contributed by atoms with van der Waals surface area (Å²) in [5.74, 6) is -0.960. The van der Waals surface area contributed by atoms with Gasteiger partial charge in [0.15, 0.2) is 11.5 Å². The van der Waals surface area contributed by atoms with Gasteiger partial charge < -0.3 is 19.5 Å². The number of carboxylic acid groups (broad SMARTS) is 1. The van der Waals surface area contributed by atoms with E-state index in [4.69, 9.17) is 14.6 Å². The third-order valence-electron chi connectivity index (χ3n) is 5.32. The number of fused-ring (bicyclic) bond motifs is 1. The first-order valence-corrected chi connectivity index (χ1v) is 11.0. The molecule has 1 N–H and O–H groups in total. The molecule has 2 heterocycles. The molecule has 0 aliphatic carbocycles. The summed E-state index contributed by atoms with van der Waals surface area (Å²) in [6, 6.07) is 8.85. The number of carboxylic acids is 1. The van der Waals surface area contributed by atoms with Crippen LogP contribution in [-0.4, -0.2) is 48.2 Å². The van der Waals surface area contributed by atoms with E-state index in [2.05, 4.69) is 0 Å². The van der Waals surface area contributed by atoms with Crippen LogP contribution in [0.25, 0.3) is 6.08 Å². The van der Waals surface area contributed by atoms with Gasteiger partial charge in [-0.05, 0) is 48.4 Å². The van der Waals surface area contributed by atoms with Gasteiger partial charge in [-0.25, -0.2) is 0 Å². The number of nitrogens with zero attached hydrogens (tertiary/aromatic N) is 1. The fraction of sp³-hybridized carbons (Fsp3) is 0.304. The Morgan fingerprint density at radius 3 is 2.55 bits per heavy atom. The zero-order valence-electron chi connectivity index (χ0n) is 17.3. The van der Waals surface area contributed by atoms with Crippen molar-refractivity contribution in [3.8, 4) is 11.5 Å². The van der Waals surface area contributed by atoms with E-state index in [1.165, 1.54) is 29.2 Å². The summed E-state index contributed by atoms with van der Waals surface area (Å²) in [6.45, 7) is 1.20. The Bertz CT molecular complexity index is 1100. The SMILES string of the molecule is O=C(O)C1CCN(C(=O)/C=C/c2ccc(Sc3ccc4c(c3)OCCO4)c(C(F)(F)F)c2)C1. The third kappa shape index (κ3) is 5.44. The molecule has 0 radical (unpaired) electrons. The maximum atomic E-state index is 13.8. The van der Waals surface area contributed by atoms with Crippen LogP contribution in [0.3, 0.4) is 0 Å². The van der Waals surface area contributed by atoms with Crippen molar-refractivity contribution < 1.29 is 37.3 Å². The van der Waals surface area contributed by atoms with Gasteiger partial charge in [0, 0.05) is 29.0 Å². The minimum absolute atomic E-state index is 0.0199. The van der Waals surface area contributed by atoms with Gasteiger partial charge in [0.1, 0.15) is 13.2 Å². The molecule has 2 aromatic rings. The molecular weight excluding hydrogens is 459 g/mol. The Labute approximate surface area is 192 Å². The van der Waals surface area contributed by atoms with Crippen molar-refractivity contribution in [3.63, 3.8) is 0 Å². The molecule has 1 fully saturated rings. The lowest BCUT2D eigenvalue weighted by atomic mass is 10.1. The summed E-state index contributed by atoms with van der Waals surface area (Å²) in [7, 11) is 0. The largest absolute Gasteiger partial charge is 0.486 e. The second-order valence-electron chi connectivity index (χ2n) is 7.60. The average Bonchev–Trinajstić information content (AvgIpc) is 3.28. The zero-order chi connectivity index (χ0) is 23.6. The predicted molar refractivity (Wildman–Crippen MR) is 114 cm³/mol. The van der Waals surface area contributed by atoms with Crippen LogP contribution in [0.5, 0.6) is 11.5 Å². The highest BCUT2D eigenvalue weighted by molar-refractivity contribution is 7.99. The number of rotatable bonds is 5. The molecule has 33 heavy (non-hydrogen) atoms. The number of carbonyl (C=O) groups is 2. The number of ether oxygens (including phenoxy) is 2. The zero-order valence-corrected chi connectivity index (χ0v) is 18.1. The number of likely N-dealkylation sites (tertiary alicyclic amines) is 1. The molecule has 1 atom stereocenters. The van der Waals surface area contributed by atoms with Crippen LogP contribution < -0.4 is 9.47 Å². The van der Waals surface area contributed by atoms with Crippen molar-refractivity contribution in [2.45, 2.75) is 22.4 Å². The molecule has 0 spiro atoms. The van der Waals surface area contributed by atoms with E-state index in [1.54, 1.807) is 18.2 Å². The smallest absolute Gasteiger partial charge is 0.417 e. The number of benzene rings is 2. The molecule has 174 valence electrons. The average molecular weight is 479 g/mol. The molecule has 1 amide bonds. The van der Waals surface area contributed by atoms with Gasteiger partial charge in [-0.1, -0.05) is 17.8 Å². The van der Waals surface area contributed by atoms with Crippen LogP contribution in [0.4, 0.5) is 13.2 Å². The highest BCUT2D eigenvalue weighted by Gasteiger charge is 2.34. The van der Waals surface area contributed by atoms with Crippen LogP contribution in [0.15, 0.2) is 52.3 Å². The molecule has 1 unspecified atom stereocenters. The molecule has 0 bridgehead atoms. The summed E-state index contributed by atoms with van der Waals surface area (Å²) < 4.78 is 52.2. The number of hydrogen-bond donors (Lipinski definition) is 1. The van der Waals surface area contributed by atoms with E-state index >= 15 is 0 Å². The lowest BCUT2D eigenvalue weighted by molar-refractivity contribution is -0.141. The minimum Gasteiger partial charge on any atom is -0.486 e. The van der Waals surface area contributed by atoms with E-state index in [0.29, 0.717) is 42.6 Å². The second kappa shape index (κ2) is 9.38. The summed E-state index contributed by atoms with van der Waals surface area (Å²) in [6.07, 6.45) is -1.75. The molecule has 6 nitrogen and oxygen atoms in total. The molecular formula is C23H20F3NO5S. The molecule has 2 aliphatic heterocycles. The predicted octanol–water partition coefficient (Wildman–Crippen LogP) is 4.57. The van der Waals surface area contributed by atoms with Gasteiger partial charge in [0.05, 0.1) is 11.5 Å². The minimum atomic E-state index is -4.59. The standard InChI is InChI=1S/C23H20F3NO5S/c24-23(25,26)17-11-14(2-6-21(28)27-8-7-15(13-27)22(29)30)1-5-20(17)33-16-3-4-18-19(12-16)32-10-9-31-18/h1-6,11-12,15H,7-10,13H2,(H,29,30)/b6-2+. The number of amides is 1. The van der Waals surface area contributed by atoms with Gasteiger partial charge in [0.25, 0.3) is 0 Å².